The number of hydrogen-bond acceptors (Lipinski definition) is 5. The third kappa shape index (κ3) is 2.55. The number of guanidine groups is 1. The molecule has 0 spiro atoms. The lowest BCUT2D eigenvalue weighted by atomic mass is 10.0. The molecule has 1 aliphatic rings. The Kier molecular flexibility index (Phi) is 3.53. The van der Waals surface area contributed by atoms with Gasteiger partial charge < -0.3 is 5.73 Å². The van der Waals surface area contributed by atoms with Crippen LogP contribution in [0.1, 0.15) is 37.1 Å². The third-order valence-corrected chi connectivity index (χ3v) is 4.48. The van der Waals surface area contributed by atoms with Crippen molar-refractivity contribution >= 4 is 22.8 Å². The molecule has 2 aromatic carbocycles. The molecule has 25 heavy (non-hydrogen) atoms. The van der Waals surface area contributed by atoms with Gasteiger partial charge in [0.2, 0.25) is 5.95 Å². The molecule has 0 saturated heterocycles. The standard InChI is InChI=1S/C19H19N5O/c1-11(2)12-7-9-13(10-8-12)16-21-18(20)23-19-22-17(25)14-5-3-4-6-15(14)24(16)19/h3-11,16H,1-2H3,(H3,20,21,22,23,25)/t16-/m0/s1. The smallest absolute Gasteiger partial charge is 0.282 e. The molecule has 0 aliphatic carbocycles. The van der Waals surface area contributed by atoms with Crippen LogP contribution >= 0.6 is 0 Å². The maximum atomic E-state index is 12.3. The molecule has 0 fully saturated rings. The second kappa shape index (κ2) is 5.73. The number of aromatic nitrogens is 2. The predicted molar refractivity (Wildman–Crippen MR) is 99.9 cm³/mol. The maximum absolute atomic E-state index is 12.3. The van der Waals surface area contributed by atoms with Crippen molar-refractivity contribution in [2.24, 2.45) is 10.7 Å². The van der Waals surface area contributed by atoms with Crippen LogP contribution in [0.15, 0.2) is 58.3 Å². The van der Waals surface area contributed by atoms with Crippen LogP contribution < -0.4 is 16.6 Å². The Hall–Kier alpha value is -3.15. The van der Waals surface area contributed by atoms with Crippen LogP contribution in [-0.2, 0) is 0 Å². The second-order valence-electron chi connectivity index (χ2n) is 6.46. The molecule has 4 rings (SSSR count). The molecule has 0 amide bonds. The molecule has 1 aromatic heterocycles. The number of fused-ring (bicyclic) bond motifs is 3. The van der Waals surface area contributed by atoms with Crippen molar-refractivity contribution in [1.82, 2.24) is 9.55 Å². The van der Waals surface area contributed by atoms with Gasteiger partial charge in [-0.15, -0.1) is 0 Å². The summed E-state index contributed by atoms with van der Waals surface area (Å²) < 4.78 is 1.91. The monoisotopic (exact) mass is 333 g/mol. The summed E-state index contributed by atoms with van der Waals surface area (Å²) in [5, 5.41) is 3.46. The lowest BCUT2D eigenvalue weighted by Gasteiger charge is -2.27. The van der Waals surface area contributed by atoms with Gasteiger partial charge in [0.15, 0.2) is 12.1 Å². The maximum Gasteiger partial charge on any atom is 0.282 e. The van der Waals surface area contributed by atoms with Crippen molar-refractivity contribution in [3.05, 3.63) is 70.0 Å². The van der Waals surface area contributed by atoms with Gasteiger partial charge in [0.05, 0.1) is 10.9 Å². The second-order valence-corrected chi connectivity index (χ2v) is 6.46. The molecule has 6 heteroatoms. The normalized spacial score (nSPS) is 16.4. The third-order valence-electron chi connectivity index (χ3n) is 4.48. The lowest BCUT2D eigenvalue weighted by Crippen LogP contribution is -2.34. The van der Waals surface area contributed by atoms with Gasteiger partial charge in [-0.2, -0.15) is 4.98 Å². The largest absolute Gasteiger partial charge is 0.370 e. The van der Waals surface area contributed by atoms with E-state index < -0.39 is 0 Å². The van der Waals surface area contributed by atoms with Gasteiger partial charge in [0, 0.05) is 0 Å². The highest BCUT2D eigenvalue weighted by Crippen LogP contribution is 2.30. The van der Waals surface area contributed by atoms with E-state index in [-0.39, 0.29) is 17.7 Å². The number of nitrogens with zero attached hydrogens (tertiary/aromatic N) is 3. The van der Waals surface area contributed by atoms with Gasteiger partial charge in [-0.25, -0.2) is 4.99 Å². The summed E-state index contributed by atoms with van der Waals surface area (Å²) in [6.45, 7) is 4.32. The van der Waals surface area contributed by atoms with E-state index in [2.05, 4.69) is 53.4 Å². The molecule has 3 aromatic rings. The molecule has 3 N–H and O–H groups in total. The molecule has 2 heterocycles. The Bertz CT molecular complexity index is 1030. The summed E-state index contributed by atoms with van der Waals surface area (Å²) in [5.74, 6) is 1.12. The van der Waals surface area contributed by atoms with E-state index >= 15 is 0 Å². The SMILES string of the molecule is CC(C)c1ccc([C@H]2N=C(N)Nc3nc(=O)c4ccccc4n32)cc1. The van der Waals surface area contributed by atoms with Gasteiger partial charge in [-0.1, -0.05) is 50.2 Å². The van der Waals surface area contributed by atoms with Crippen molar-refractivity contribution in [2.75, 3.05) is 5.32 Å². The molecule has 6 nitrogen and oxygen atoms in total. The van der Waals surface area contributed by atoms with Gasteiger partial charge in [0.1, 0.15) is 0 Å². The van der Waals surface area contributed by atoms with E-state index in [0.717, 1.165) is 11.1 Å². The van der Waals surface area contributed by atoms with Crippen molar-refractivity contribution in [2.45, 2.75) is 25.9 Å². The zero-order chi connectivity index (χ0) is 17.6. The molecule has 126 valence electrons. The number of aliphatic imine (C=N–C) groups is 1. The molecule has 0 saturated carbocycles. The zero-order valence-electron chi connectivity index (χ0n) is 14.1. The highest BCUT2D eigenvalue weighted by atomic mass is 16.1. The van der Waals surface area contributed by atoms with Gasteiger partial charge >= 0.3 is 0 Å². The number of anilines is 1. The topological polar surface area (TPSA) is 85.3 Å². The number of hydrogen-bond donors (Lipinski definition) is 2. The van der Waals surface area contributed by atoms with E-state index in [1.165, 1.54) is 5.56 Å². The molecule has 0 radical (unpaired) electrons. The molecule has 0 bridgehead atoms. The summed E-state index contributed by atoms with van der Waals surface area (Å²) in [6.07, 6.45) is -0.365. The number of rotatable bonds is 2. The fourth-order valence-corrected chi connectivity index (χ4v) is 3.14. The number of nitrogens with two attached hydrogens (primary N) is 1. The van der Waals surface area contributed by atoms with Crippen molar-refractivity contribution < 1.29 is 0 Å². The fraction of sp³-hybridized carbons (Fsp3) is 0.211. The van der Waals surface area contributed by atoms with Crippen LogP contribution in [0.3, 0.4) is 0 Å². The summed E-state index contributed by atoms with van der Waals surface area (Å²) in [7, 11) is 0. The first-order chi connectivity index (χ1) is 12.0. The Morgan fingerprint density at radius 2 is 1.84 bits per heavy atom. The Morgan fingerprint density at radius 1 is 1.12 bits per heavy atom. The number of benzene rings is 2. The first-order valence-corrected chi connectivity index (χ1v) is 8.26. The minimum absolute atomic E-state index is 0.250. The predicted octanol–water partition coefficient (Wildman–Crippen LogP) is 2.81. The van der Waals surface area contributed by atoms with Crippen LogP contribution in [0.25, 0.3) is 10.9 Å². The Morgan fingerprint density at radius 3 is 2.56 bits per heavy atom. The molecule has 1 aliphatic heterocycles. The zero-order valence-corrected chi connectivity index (χ0v) is 14.1. The Labute approximate surface area is 145 Å². The van der Waals surface area contributed by atoms with Crippen LogP contribution in [0.2, 0.25) is 0 Å². The van der Waals surface area contributed by atoms with E-state index in [1.807, 2.05) is 22.8 Å². The van der Waals surface area contributed by atoms with E-state index in [9.17, 15) is 4.79 Å². The summed E-state index contributed by atoms with van der Waals surface area (Å²) in [4.78, 5) is 21.0. The molecule has 0 unspecified atom stereocenters. The summed E-state index contributed by atoms with van der Waals surface area (Å²) >= 11 is 0. The van der Waals surface area contributed by atoms with E-state index in [0.29, 0.717) is 17.3 Å². The summed E-state index contributed by atoms with van der Waals surface area (Å²) in [6, 6.07) is 15.7. The van der Waals surface area contributed by atoms with Crippen LogP contribution in [-0.4, -0.2) is 15.5 Å². The van der Waals surface area contributed by atoms with Crippen LogP contribution in [0.4, 0.5) is 5.95 Å². The number of nitrogens with one attached hydrogen (secondary N) is 1. The summed E-state index contributed by atoms with van der Waals surface area (Å²) in [5.41, 5.74) is 8.68. The molecular weight excluding hydrogens is 314 g/mol. The van der Waals surface area contributed by atoms with E-state index in [4.69, 9.17) is 5.73 Å². The van der Waals surface area contributed by atoms with Crippen LogP contribution in [0.5, 0.6) is 0 Å². The fourth-order valence-electron chi connectivity index (χ4n) is 3.14. The van der Waals surface area contributed by atoms with Gasteiger partial charge in [-0.3, -0.25) is 14.7 Å². The first-order valence-electron chi connectivity index (χ1n) is 8.26. The van der Waals surface area contributed by atoms with Gasteiger partial charge in [-0.05, 0) is 29.2 Å². The van der Waals surface area contributed by atoms with Crippen molar-refractivity contribution in [1.29, 1.82) is 0 Å². The average molecular weight is 333 g/mol. The average Bonchev–Trinajstić information content (AvgIpc) is 2.61. The number of para-hydroxylation sites is 1. The van der Waals surface area contributed by atoms with Crippen LogP contribution in [0, 0.1) is 0 Å². The minimum Gasteiger partial charge on any atom is -0.370 e. The van der Waals surface area contributed by atoms with Gasteiger partial charge in [0.25, 0.3) is 5.56 Å². The molecule has 1 atom stereocenters. The minimum atomic E-state index is -0.365. The highest BCUT2D eigenvalue weighted by Gasteiger charge is 2.24. The lowest BCUT2D eigenvalue weighted by molar-refractivity contribution is 0.615. The quantitative estimate of drug-likeness (QED) is 0.755. The van der Waals surface area contributed by atoms with Crippen molar-refractivity contribution in [3.8, 4) is 0 Å². The van der Waals surface area contributed by atoms with E-state index in [1.54, 1.807) is 6.07 Å². The molecular formula is C19H19N5O. The Balaban J connectivity index is 1.94. The first kappa shape index (κ1) is 15.4. The highest BCUT2D eigenvalue weighted by molar-refractivity contribution is 5.93. The van der Waals surface area contributed by atoms with Crippen molar-refractivity contribution in [3.63, 3.8) is 0 Å².